The van der Waals surface area contributed by atoms with Gasteiger partial charge in [-0.05, 0) is 25.0 Å². The standard InChI is InChI=1S/C14H17NO/c1-4-12-10(2)6-5-7-13(12)15-9-8-11(3)14(15)16/h4-7,11H,1,8-9H2,2-3H3. The van der Waals surface area contributed by atoms with Gasteiger partial charge in [0.25, 0.3) is 0 Å². The van der Waals surface area contributed by atoms with Gasteiger partial charge in [0.15, 0.2) is 0 Å². The van der Waals surface area contributed by atoms with E-state index in [0.717, 1.165) is 24.2 Å². The Morgan fingerprint density at radius 2 is 2.25 bits per heavy atom. The summed E-state index contributed by atoms with van der Waals surface area (Å²) in [5.74, 6) is 0.381. The van der Waals surface area contributed by atoms with Crippen molar-refractivity contribution in [1.82, 2.24) is 0 Å². The molecule has 84 valence electrons. The highest BCUT2D eigenvalue weighted by Crippen LogP contribution is 2.30. The molecule has 0 bridgehead atoms. The molecule has 1 aliphatic heterocycles. The Balaban J connectivity index is 2.45. The minimum absolute atomic E-state index is 0.151. The van der Waals surface area contributed by atoms with Crippen molar-refractivity contribution in [3.8, 4) is 0 Å². The van der Waals surface area contributed by atoms with E-state index < -0.39 is 0 Å². The highest BCUT2D eigenvalue weighted by atomic mass is 16.2. The van der Waals surface area contributed by atoms with Crippen molar-refractivity contribution in [2.45, 2.75) is 20.3 Å². The lowest BCUT2D eigenvalue weighted by molar-refractivity contribution is -0.119. The molecular weight excluding hydrogens is 198 g/mol. The van der Waals surface area contributed by atoms with Crippen LogP contribution in [0.2, 0.25) is 0 Å². The summed E-state index contributed by atoms with van der Waals surface area (Å²) in [6.45, 7) is 8.69. The van der Waals surface area contributed by atoms with Gasteiger partial charge in [-0.3, -0.25) is 4.79 Å². The van der Waals surface area contributed by atoms with Crippen LogP contribution in [0.5, 0.6) is 0 Å². The van der Waals surface area contributed by atoms with Gasteiger partial charge in [0.1, 0.15) is 0 Å². The van der Waals surface area contributed by atoms with Crippen LogP contribution in [-0.2, 0) is 4.79 Å². The Morgan fingerprint density at radius 1 is 1.50 bits per heavy atom. The van der Waals surface area contributed by atoms with Gasteiger partial charge in [-0.25, -0.2) is 0 Å². The molecule has 1 heterocycles. The zero-order chi connectivity index (χ0) is 11.7. The molecule has 1 amide bonds. The number of nitrogens with zero attached hydrogens (tertiary/aromatic N) is 1. The fraction of sp³-hybridized carbons (Fsp3) is 0.357. The van der Waals surface area contributed by atoms with Crippen LogP contribution < -0.4 is 4.90 Å². The van der Waals surface area contributed by atoms with Gasteiger partial charge < -0.3 is 4.90 Å². The molecule has 1 unspecified atom stereocenters. The molecule has 0 aliphatic carbocycles. The topological polar surface area (TPSA) is 20.3 Å². The van der Waals surface area contributed by atoms with Gasteiger partial charge in [-0.15, -0.1) is 0 Å². The van der Waals surface area contributed by atoms with E-state index in [9.17, 15) is 4.79 Å². The molecule has 1 aromatic rings. The second kappa shape index (κ2) is 4.12. The van der Waals surface area contributed by atoms with E-state index >= 15 is 0 Å². The number of carbonyl (C=O) groups excluding carboxylic acids is 1. The van der Waals surface area contributed by atoms with Gasteiger partial charge >= 0.3 is 0 Å². The van der Waals surface area contributed by atoms with Crippen LogP contribution >= 0.6 is 0 Å². The first-order valence-electron chi connectivity index (χ1n) is 5.68. The number of hydrogen-bond acceptors (Lipinski definition) is 1. The quantitative estimate of drug-likeness (QED) is 0.742. The summed E-state index contributed by atoms with van der Waals surface area (Å²) in [7, 11) is 0. The molecule has 0 saturated carbocycles. The summed E-state index contributed by atoms with van der Waals surface area (Å²) in [6.07, 6.45) is 2.78. The van der Waals surface area contributed by atoms with Crippen LogP contribution in [0.4, 0.5) is 5.69 Å². The van der Waals surface area contributed by atoms with Crippen LogP contribution in [0, 0.1) is 12.8 Å². The number of aryl methyl sites for hydroxylation is 1. The van der Waals surface area contributed by atoms with E-state index in [1.54, 1.807) is 0 Å². The minimum Gasteiger partial charge on any atom is -0.312 e. The fourth-order valence-corrected chi connectivity index (χ4v) is 2.23. The molecular formula is C14H17NO. The van der Waals surface area contributed by atoms with E-state index in [-0.39, 0.29) is 11.8 Å². The lowest BCUT2D eigenvalue weighted by Crippen LogP contribution is -2.27. The molecule has 1 atom stereocenters. The predicted molar refractivity (Wildman–Crippen MR) is 67.4 cm³/mol. The van der Waals surface area contributed by atoms with Gasteiger partial charge in [0, 0.05) is 18.0 Å². The Labute approximate surface area is 96.6 Å². The highest BCUT2D eigenvalue weighted by Gasteiger charge is 2.29. The first-order chi connectivity index (χ1) is 7.65. The van der Waals surface area contributed by atoms with Crippen molar-refractivity contribution >= 4 is 17.7 Å². The van der Waals surface area contributed by atoms with E-state index in [1.165, 1.54) is 5.56 Å². The first kappa shape index (κ1) is 10.9. The number of hydrogen-bond donors (Lipinski definition) is 0. The third-order valence-electron chi connectivity index (χ3n) is 3.27. The molecule has 0 N–H and O–H groups in total. The summed E-state index contributed by atoms with van der Waals surface area (Å²) in [5, 5.41) is 0. The molecule has 0 radical (unpaired) electrons. The van der Waals surface area contributed by atoms with Gasteiger partial charge in [-0.1, -0.05) is 31.7 Å². The molecule has 16 heavy (non-hydrogen) atoms. The minimum atomic E-state index is 0.151. The summed E-state index contributed by atoms with van der Waals surface area (Å²) in [5.41, 5.74) is 3.24. The third-order valence-corrected chi connectivity index (χ3v) is 3.27. The normalized spacial score (nSPS) is 20.2. The SMILES string of the molecule is C=Cc1c(C)cccc1N1CCC(C)C1=O. The third kappa shape index (κ3) is 1.64. The maximum absolute atomic E-state index is 12.0. The molecule has 2 heteroatoms. The summed E-state index contributed by atoms with van der Waals surface area (Å²) < 4.78 is 0. The predicted octanol–water partition coefficient (Wildman–Crippen LogP) is 3.01. The van der Waals surface area contributed by atoms with Gasteiger partial charge in [0.05, 0.1) is 5.69 Å². The number of rotatable bonds is 2. The average Bonchev–Trinajstić information content (AvgIpc) is 2.59. The van der Waals surface area contributed by atoms with Crippen molar-refractivity contribution in [2.24, 2.45) is 5.92 Å². The van der Waals surface area contributed by atoms with Crippen LogP contribution in [0.3, 0.4) is 0 Å². The molecule has 0 spiro atoms. The fourth-order valence-electron chi connectivity index (χ4n) is 2.23. The molecule has 0 aromatic heterocycles. The Bertz CT molecular complexity index is 436. The summed E-state index contributed by atoms with van der Waals surface area (Å²) >= 11 is 0. The van der Waals surface area contributed by atoms with E-state index in [4.69, 9.17) is 0 Å². The van der Waals surface area contributed by atoms with E-state index in [2.05, 4.69) is 6.58 Å². The second-order valence-electron chi connectivity index (χ2n) is 4.39. The zero-order valence-corrected chi connectivity index (χ0v) is 9.86. The lowest BCUT2D eigenvalue weighted by atomic mass is 10.1. The zero-order valence-electron chi connectivity index (χ0n) is 9.86. The molecule has 2 nitrogen and oxygen atoms in total. The number of benzene rings is 1. The largest absolute Gasteiger partial charge is 0.312 e. The van der Waals surface area contributed by atoms with Gasteiger partial charge in [-0.2, -0.15) is 0 Å². The number of amides is 1. The van der Waals surface area contributed by atoms with Crippen LogP contribution in [0.1, 0.15) is 24.5 Å². The maximum atomic E-state index is 12.0. The van der Waals surface area contributed by atoms with Crippen LogP contribution in [0.25, 0.3) is 6.08 Å². The first-order valence-corrected chi connectivity index (χ1v) is 5.68. The molecule has 1 saturated heterocycles. The number of carbonyl (C=O) groups is 1. The molecule has 1 fully saturated rings. The number of anilines is 1. The van der Waals surface area contributed by atoms with Crippen molar-refractivity contribution < 1.29 is 4.79 Å². The monoisotopic (exact) mass is 215 g/mol. The van der Waals surface area contributed by atoms with E-state index in [1.807, 2.05) is 43.0 Å². The van der Waals surface area contributed by atoms with Crippen molar-refractivity contribution in [1.29, 1.82) is 0 Å². The Kier molecular flexibility index (Phi) is 2.82. The molecule has 2 rings (SSSR count). The van der Waals surface area contributed by atoms with Crippen molar-refractivity contribution in [3.05, 3.63) is 35.9 Å². The van der Waals surface area contributed by atoms with Gasteiger partial charge in [0.2, 0.25) is 5.91 Å². The average molecular weight is 215 g/mol. The smallest absolute Gasteiger partial charge is 0.229 e. The Morgan fingerprint density at radius 3 is 2.81 bits per heavy atom. The van der Waals surface area contributed by atoms with Crippen molar-refractivity contribution in [2.75, 3.05) is 11.4 Å². The Hall–Kier alpha value is -1.57. The van der Waals surface area contributed by atoms with E-state index in [0.29, 0.717) is 0 Å². The highest BCUT2D eigenvalue weighted by molar-refractivity contribution is 5.98. The lowest BCUT2D eigenvalue weighted by Gasteiger charge is -2.20. The van der Waals surface area contributed by atoms with Crippen LogP contribution in [0.15, 0.2) is 24.8 Å². The van der Waals surface area contributed by atoms with Crippen molar-refractivity contribution in [3.63, 3.8) is 0 Å². The summed E-state index contributed by atoms with van der Waals surface area (Å²) in [6, 6.07) is 6.04. The maximum Gasteiger partial charge on any atom is 0.229 e. The van der Waals surface area contributed by atoms with Crippen LogP contribution in [-0.4, -0.2) is 12.5 Å². The molecule has 1 aromatic carbocycles. The summed E-state index contributed by atoms with van der Waals surface area (Å²) in [4.78, 5) is 13.9. The molecule has 1 aliphatic rings. The second-order valence-corrected chi connectivity index (χ2v) is 4.39.